The third-order valence-corrected chi connectivity index (χ3v) is 3.67. The molecule has 1 fully saturated rings. The molecule has 2 rings (SSSR count). The van der Waals surface area contributed by atoms with E-state index in [0.717, 1.165) is 23.1 Å². The number of carbonyl (C=O) groups excluding carboxylic acids is 2. The third-order valence-electron chi connectivity index (χ3n) is 2.60. The summed E-state index contributed by atoms with van der Waals surface area (Å²) in [5, 5.41) is 20.2. The fraction of sp³-hybridized carbons (Fsp3) is 0.231. The van der Waals surface area contributed by atoms with Crippen molar-refractivity contribution in [3.8, 4) is 5.75 Å². The van der Waals surface area contributed by atoms with Gasteiger partial charge in [-0.1, -0.05) is 11.8 Å². The number of aliphatic carboxylic acids is 1. The average Bonchev–Trinajstić information content (AvgIpc) is 2.79. The number of hydrogen-bond donors (Lipinski definition) is 1. The Morgan fingerprint density at radius 2 is 2.19 bits per heavy atom. The molecule has 0 saturated carbocycles. The van der Waals surface area contributed by atoms with Gasteiger partial charge in [-0.15, -0.1) is 5.10 Å². The first-order valence-corrected chi connectivity index (χ1v) is 6.89. The van der Waals surface area contributed by atoms with Crippen molar-refractivity contribution in [1.82, 2.24) is 5.32 Å². The van der Waals surface area contributed by atoms with Crippen molar-refractivity contribution in [1.29, 1.82) is 0 Å². The van der Waals surface area contributed by atoms with Crippen LogP contribution in [-0.2, 0) is 9.59 Å². The van der Waals surface area contributed by atoms with Gasteiger partial charge in [0, 0.05) is 12.4 Å². The smallest absolute Gasteiger partial charge is 0.239 e. The van der Waals surface area contributed by atoms with Gasteiger partial charge >= 0.3 is 0 Å². The molecule has 0 unspecified atom stereocenters. The number of benzene rings is 1. The van der Waals surface area contributed by atoms with Crippen molar-refractivity contribution >= 4 is 35.0 Å². The van der Waals surface area contributed by atoms with Gasteiger partial charge in [0.05, 0.1) is 18.6 Å². The van der Waals surface area contributed by atoms with Gasteiger partial charge in [-0.2, -0.15) is 5.10 Å². The lowest BCUT2D eigenvalue weighted by atomic mass is 10.2. The summed E-state index contributed by atoms with van der Waals surface area (Å²) in [6.45, 7) is 0. The normalized spacial score (nSPS) is 20.0. The predicted octanol–water partition coefficient (Wildman–Crippen LogP) is -0.243. The van der Waals surface area contributed by atoms with Crippen LogP contribution in [0, 0.1) is 0 Å². The Balaban J connectivity index is 1.96. The van der Waals surface area contributed by atoms with Gasteiger partial charge in [-0.05, 0) is 29.8 Å². The summed E-state index contributed by atoms with van der Waals surface area (Å²) in [6.07, 6.45) is 1.17. The number of nitrogens with zero attached hydrogens (tertiary/aromatic N) is 2. The Bertz CT molecular complexity index is 598. The zero-order valence-electron chi connectivity index (χ0n) is 11.1. The van der Waals surface area contributed by atoms with Crippen molar-refractivity contribution in [2.24, 2.45) is 10.2 Å². The zero-order valence-corrected chi connectivity index (χ0v) is 11.9. The van der Waals surface area contributed by atoms with E-state index in [-0.39, 0.29) is 11.6 Å². The summed E-state index contributed by atoms with van der Waals surface area (Å²) in [5.41, 5.74) is 0.820. The van der Waals surface area contributed by atoms with Crippen LogP contribution in [0.15, 0.2) is 34.5 Å². The van der Waals surface area contributed by atoms with Crippen LogP contribution in [0.3, 0.4) is 0 Å². The third kappa shape index (κ3) is 4.32. The highest BCUT2D eigenvalue weighted by Gasteiger charge is 2.30. The van der Waals surface area contributed by atoms with Crippen molar-refractivity contribution < 1.29 is 19.4 Å². The van der Waals surface area contributed by atoms with Crippen LogP contribution in [0.25, 0.3) is 0 Å². The van der Waals surface area contributed by atoms with Crippen LogP contribution in [0.4, 0.5) is 0 Å². The maximum Gasteiger partial charge on any atom is 0.239 e. The Kier molecular flexibility index (Phi) is 4.94. The number of amides is 1. The molecule has 1 atom stereocenters. The molecule has 1 saturated heterocycles. The van der Waals surface area contributed by atoms with E-state index in [9.17, 15) is 14.7 Å². The second-order valence-corrected chi connectivity index (χ2v) is 5.29. The lowest BCUT2D eigenvalue weighted by Gasteiger charge is -2.04. The van der Waals surface area contributed by atoms with Crippen LogP contribution in [-0.4, -0.2) is 35.6 Å². The Morgan fingerprint density at radius 1 is 1.48 bits per heavy atom. The van der Waals surface area contributed by atoms with Gasteiger partial charge < -0.3 is 20.0 Å². The Hall–Kier alpha value is -2.35. The minimum atomic E-state index is -1.27. The van der Waals surface area contributed by atoms with Crippen LogP contribution in [0.5, 0.6) is 5.75 Å². The van der Waals surface area contributed by atoms with Crippen molar-refractivity contribution in [2.45, 2.75) is 11.7 Å². The Labute approximate surface area is 125 Å². The molecule has 1 heterocycles. The number of nitrogens with one attached hydrogen (secondary N) is 1. The molecule has 1 aromatic rings. The highest BCUT2D eigenvalue weighted by atomic mass is 32.2. The number of carboxylic acids is 1. The monoisotopic (exact) mass is 306 g/mol. The SMILES string of the molecule is COc1ccc(/C=N\N=C2\NC(=O)[C@@H](CC(=O)[O-])S2)cc1. The molecule has 1 aliphatic heterocycles. The van der Waals surface area contributed by atoms with Gasteiger partial charge in [0.1, 0.15) is 5.75 Å². The quantitative estimate of drug-likeness (QED) is 0.597. The zero-order chi connectivity index (χ0) is 15.2. The van der Waals surface area contributed by atoms with E-state index in [2.05, 4.69) is 15.5 Å². The van der Waals surface area contributed by atoms with Crippen LogP contribution in [0.1, 0.15) is 12.0 Å². The largest absolute Gasteiger partial charge is 0.550 e. The maximum absolute atomic E-state index is 11.5. The number of carboxylic acid groups (broad SMARTS) is 1. The average molecular weight is 306 g/mol. The number of ether oxygens (including phenoxy) is 1. The van der Waals surface area contributed by atoms with Crippen molar-refractivity contribution in [2.75, 3.05) is 7.11 Å². The van der Waals surface area contributed by atoms with E-state index < -0.39 is 17.1 Å². The fourth-order valence-electron chi connectivity index (χ4n) is 1.58. The number of carbonyl (C=O) groups is 2. The summed E-state index contributed by atoms with van der Waals surface area (Å²) >= 11 is 1.02. The lowest BCUT2D eigenvalue weighted by Crippen LogP contribution is -2.31. The molecule has 1 N–H and O–H groups in total. The summed E-state index contributed by atoms with van der Waals surface area (Å²) in [7, 11) is 1.58. The predicted molar refractivity (Wildman–Crippen MR) is 77.2 cm³/mol. The number of amidine groups is 1. The van der Waals surface area contributed by atoms with E-state index in [1.165, 1.54) is 6.21 Å². The highest BCUT2D eigenvalue weighted by Crippen LogP contribution is 2.21. The summed E-state index contributed by atoms with van der Waals surface area (Å²) < 4.78 is 5.03. The molecule has 0 aromatic heterocycles. The number of hydrogen-bond acceptors (Lipinski definition) is 7. The van der Waals surface area contributed by atoms with Gasteiger partial charge in [-0.3, -0.25) is 4.79 Å². The summed E-state index contributed by atoms with van der Waals surface area (Å²) in [5.74, 6) is -0.935. The van der Waals surface area contributed by atoms with Crippen molar-refractivity contribution in [3.05, 3.63) is 29.8 Å². The van der Waals surface area contributed by atoms with Gasteiger partial charge in [-0.25, -0.2) is 0 Å². The van der Waals surface area contributed by atoms with Crippen LogP contribution in [0.2, 0.25) is 0 Å². The molecule has 8 heteroatoms. The second kappa shape index (κ2) is 6.89. The van der Waals surface area contributed by atoms with E-state index in [1.54, 1.807) is 19.2 Å². The van der Waals surface area contributed by atoms with E-state index >= 15 is 0 Å². The molecular formula is C13H12N3O4S-. The molecule has 0 spiro atoms. The lowest BCUT2D eigenvalue weighted by molar-refractivity contribution is -0.305. The van der Waals surface area contributed by atoms with Crippen molar-refractivity contribution in [3.63, 3.8) is 0 Å². The van der Waals surface area contributed by atoms with E-state index in [4.69, 9.17) is 4.74 Å². The molecule has 1 aromatic carbocycles. The number of methoxy groups -OCH3 is 1. The molecular weight excluding hydrogens is 294 g/mol. The molecule has 1 amide bonds. The molecule has 0 bridgehead atoms. The minimum absolute atomic E-state index is 0.274. The van der Waals surface area contributed by atoms with Gasteiger partial charge in [0.15, 0.2) is 5.17 Å². The summed E-state index contributed by atoms with van der Waals surface area (Å²) in [4.78, 5) is 21.9. The topological polar surface area (TPSA) is 103 Å². The van der Waals surface area contributed by atoms with Crippen LogP contribution < -0.4 is 15.2 Å². The summed E-state index contributed by atoms with van der Waals surface area (Å²) in [6, 6.07) is 7.19. The minimum Gasteiger partial charge on any atom is -0.550 e. The molecule has 0 radical (unpaired) electrons. The molecule has 7 nitrogen and oxygen atoms in total. The van der Waals surface area contributed by atoms with Gasteiger partial charge in [0.25, 0.3) is 0 Å². The number of rotatable bonds is 5. The standard InChI is InChI=1S/C13H13N3O4S/c1-20-9-4-2-8(3-5-9)7-14-16-13-15-12(19)10(21-13)6-11(17)18/h2-5,7,10H,6H2,1H3,(H,17,18)(H,15,16,19)/p-1/b14-7-/t10-/m1/s1. The van der Waals surface area contributed by atoms with Crippen LogP contribution >= 0.6 is 11.8 Å². The number of thioether (sulfide) groups is 1. The maximum atomic E-state index is 11.5. The first-order valence-electron chi connectivity index (χ1n) is 6.01. The van der Waals surface area contributed by atoms with E-state index in [1.807, 2.05) is 12.1 Å². The van der Waals surface area contributed by atoms with Gasteiger partial charge in [0.2, 0.25) is 5.91 Å². The second-order valence-electron chi connectivity index (χ2n) is 4.09. The first-order chi connectivity index (χ1) is 10.1. The highest BCUT2D eigenvalue weighted by molar-refractivity contribution is 8.15. The Morgan fingerprint density at radius 3 is 2.81 bits per heavy atom. The molecule has 1 aliphatic rings. The molecule has 110 valence electrons. The van der Waals surface area contributed by atoms with E-state index in [0.29, 0.717) is 0 Å². The molecule has 21 heavy (non-hydrogen) atoms. The first kappa shape index (κ1) is 15.0. The fourth-order valence-corrected chi connectivity index (χ4v) is 2.48. The molecule has 0 aliphatic carbocycles.